The first-order valence-corrected chi connectivity index (χ1v) is 13.0. The molecule has 0 unspecified atom stereocenters. The Morgan fingerprint density at radius 1 is 1.14 bits per heavy atom. The van der Waals surface area contributed by atoms with E-state index in [0.717, 1.165) is 36.1 Å². The second-order valence-corrected chi connectivity index (χ2v) is 10.5. The van der Waals surface area contributed by atoms with Gasteiger partial charge >= 0.3 is 11.9 Å². The molecule has 1 saturated carbocycles. The van der Waals surface area contributed by atoms with E-state index in [-0.39, 0.29) is 23.8 Å². The molecule has 0 spiro atoms. The number of aromatic nitrogens is 1. The van der Waals surface area contributed by atoms with Crippen molar-refractivity contribution in [1.82, 2.24) is 4.98 Å². The Hall–Kier alpha value is -3.46. The average Bonchev–Trinajstić information content (AvgIpc) is 3.55. The molecule has 3 aromatic rings. The summed E-state index contributed by atoms with van der Waals surface area (Å²) < 4.78 is 10.1. The summed E-state index contributed by atoms with van der Waals surface area (Å²) in [5.74, 6) is -0.257. The number of carbonyl (C=O) groups excluding carboxylic acids is 3. The highest BCUT2D eigenvalue weighted by atomic mass is 32.1. The van der Waals surface area contributed by atoms with Crippen molar-refractivity contribution in [3.05, 3.63) is 53.6 Å². The second kappa shape index (κ2) is 11.1. The van der Waals surface area contributed by atoms with Gasteiger partial charge in [0.2, 0.25) is 5.91 Å². The fraction of sp³-hybridized carbons (Fsp3) is 0.407. The molecule has 2 amide bonds. The van der Waals surface area contributed by atoms with E-state index >= 15 is 0 Å². The molecule has 2 heterocycles. The first-order chi connectivity index (χ1) is 17.3. The molecular weight excluding hydrogens is 478 g/mol. The number of esters is 1. The van der Waals surface area contributed by atoms with Crippen LogP contribution in [0.25, 0.3) is 10.4 Å². The number of hydrogen-bond acceptors (Lipinski definition) is 7. The molecule has 0 atom stereocenters. The quantitative estimate of drug-likeness (QED) is 0.391. The van der Waals surface area contributed by atoms with Gasteiger partial charge in [-0.3, -0.25) is 9.59 Å². The largest absolute Gasteiger partial charge is 0.465 e. The van der Waals surface area contributed by atoms with Crippen LogP contribution < -0.4 is 10.2 Å². The van der Waals surface area contributed by atoms with Crippen molar-refractivity contribution in [3.63, 3.8) is 0 Å². The minimum atomic E-state index is -0.466. The molecule has 1 aromatic carbocycles. The van der Waals surface area contributed by atoms with Gasteiger partial charge < -0.3 is 19.4 Å². The van der Waals surface area contributed by atoms with E-state index in [1.807, 2.05) is 32.0 Å². The van der Waals surface area contributed by atoms with E-state index in [9.17, 15) is 14.4 Å². The Balaban J connectivity index is 1.61. The van der Waals surface area contributed by atoms with Crippen LogP contribution >= 0.6 is 11.3 Å². The highest BCUT2D eigenvalue weighted by molar-refractivity contribution is 7.18. The zero-order valence-electron chi connectivity index (χ0n) is 20.9. The Kier molecular flexibility index (Phi) is 7.88. The van der Waals surface area contributed by atoms with E-state index in [0.29, 0.717) is 22.2 Å². The molecule has 1 fully saturated rings. The van der Waals surface area contributed by atoms with Crippen molar-refractivity contribution in [2.75, 3.05) is 17.3 Å². The number of thiophene rings is 1. The zero-order valence-corrected chi connectivity index (χ0v) is 21.8. The van der Waals surface area contributed by atoms with Crippen molar-refractivity contribution in [3.8, 4) is 10.4 Å². The molecule has 190 valence electrons. The number of nitrogens with zero attached hydrogens (tertiary/aromatic N) is 2. The third-order valence-corrected chi connectivity index (χ3v) is 7.67. The predicted octanol–water partition coefficient (Wildman–Crippen LogP) is 6.01. The molecule has 1 aliphatic rings. The van der Waals surface area contributed by atoms with E-state index in [1.165, 1.54) is 30.9 Å². The minimum absolute atomic E-state index is 0.0180. The SMILES string of the molecule is COC(=O)c1sc(-c2ccc(NC(=O)c3ncco3)cc2)cc1N(C(=O)C1CCC(C)CC1)C(C)C. The fourth-order valence-corrected chi connectivity index (χ4v) is 5.61. The maximum Gasteiger partial charge on any atom is 0.350 e. The number of anilines is 2. The summed E-state index contributed by atoms with van der Waals surface area (Å²) in [6.45, 7) is 6.16. The minimum Gasteiger partial charge on any atom is -0.465 e. The van der Waals surface area contributed by atoms with Gasteiger partial charge in [0, 0.05) is 22.5 Å². The van der Waals surface area contributed by atoms with E-state index < -0.39 is 11.9 Å². The lowest BCUT2D eigenvalue weighted by Crippen LogP contribution is -2.42. The monoisotopic (exact) mass is 509 g/mol. The van der Waals surface area contributed by atoms with Gasteiger partial charge in [-0.15, -0.1) is 11.3 Å². The molecule has 36 heavy (non-hydrogen) atoms. The van der Waals surface area contributed by atoms with Gasteiger partial charge in [-0.25, -0.2) is 9.78 Å². The number of oxazole rings is 1. The Morgan fingerprint density at radius 2 is 1.83 bits per heavy atom. The normalized spacial score (nSPS) is 17.6. The zero-order chi connectivity index (χ0) is 25.8. The summed E-state index contributed by atoms with van der Waals surface area (Å²) >= 11 is 1.29. The number of hydrogen-bond donors (Lipinski definition) is 1. The van der Waals surface area contributed by atoms with Crippen LogP contribution in [0.15, 0.2) is 47.2 Å². The van der Waals surface area contributed by atoms with Gasteiger partial charge in [-0.05, 0) is 69.2 Å². The van der Waals surface area contributed by atoms with Gasteiger partial charge in [0.05, 0.1) is 19.0 Å². The molecule has 2 aromatic heterocycles. The number of nitrogens with one attached hydrogen (secondary N) is 1. The van der Waals surface area contributed by atoms with Gasteiger partial charge in [-0.2, -0.15) is 0 Å². The van der Waals surface area contributed by atoms with Crippen molar-refractivity contribution in [1.29, 1.82) is 0 Å². The van der Waals surface area contributed by atoms with Gasteiger partial charge in [0.25, 0.3) is 5.89 Å². The maximum absolute atomic E-state index is 13.6. The summed E-state index contributed by atoms with van der Waals surface area (Å²) in [6, 6.07) is 9.01. The van der Waals surface area contributed by atoms with Crippen LogP contribution in [-0.4, -0.2) is 35.9 Å². The molecule has 9 heteroatoms. The Bertz CT molecular complexity index is 1210. The summed E-state index contributed by atoms with van der Waals surface area (Å²) in [6.07, 6.45) is 6.57. The van der Waals surface area contributed by atoms with Crippen LogP contribution in [0, 0.1) is 11.8 Å². The van der Waals surface area contributed by atoms with Crippen molar-refractivity contribution in [2.24, 2.45) is 11.8 Å². The highest BCUT2D eigenvalue weighted by Gasteiger charge is 2.33. The van der Waals surface area contributed by atoms with E-state index in [4.69, 9.17) is 9.15 Å². The molecule has 1 aliphatic carbocycles. The molecule has 1 N–H and O–H groups in total. The molecule has 4 rings (SSSR count). The van der Waals surface area contributed by atoms with E-state index in [2.05, 4.69) is 17.2 Å². The van der Waals surface area contributed by atoms with Crippen LogP contribution in [0.1, 0.15) is 66.8 Å². The third kappa shape index (κ3) is 5.51. The van der Waals surface area contributed by atoms with Crippen LogP contribution in [0.4, 0.5) is 11.4 Å². The molecule has 0 saturated heterocycles. The van der Waals surface area contributed by atoms with Crippen LogP contribution in [0.5, 0.6) is 0 Å². The van der Waals surface area contributed by atoms with Gasteiger partial charge in [-0.1, -0.05) is 19.1 Å². The van der Waals surface area contributed by atoms with Crippen LogP contribution in [0.3, 0.4) is 0 Å². The highest BCUT2D eigenvalue weighted by Crippen LogP contribution is 2.40. The number of ether oxygens (including phenoxy) is 1. The Morgan fingerprint density at radius 3 is 2.42 bits per heavy atom. The Labute approximate surface area is 214 Å². The van der Waals surface area contributed by atoms with Gasteiger partial charge in [0.15, 0.2) is 0 Å². The number of benzene rings is 1. The summed E-state index contributed by atoms with van der Waals surface area (Å²) in [4.78, 5) is 45.4. The lowest BCUT2D eigenvalue weighted by atomic mass is 9.82. The summed E-state index contributed by atoms with van der Waals surface area (Å²) in [7, 11) is 1.35. The number of rotatable bonds is 7. The van der Waals surface area contributed by atoms with Crippen molar-refractivity contribution >= 4 is 40.5 Å². The summed E-state index contributed by atoms with van der Waals surface area (Å²) in [5.41, 5.74) is 2.02. The molecule has 0 bridgehead atoms. The van der Waals surface area contributed by atoms with E-state index in [1.54, 1.807) is 17.0 Å². The van der Waals surface area contributed by atoms with Crippen molar-refractivity contribution in [2.45, 2.75) is 52.5 Å². The standard InChI is InChI=1S/C27H31N3O5S/c1-16(2)30(26(32)19-7-5-17(3)6-8-19)21-15-22(36-23(21)27(33)34-4)18-9-11-20(12-10-18)29-24(31)25-28-13-14-35-25/h9-17,19H,5-8H2,1-4H3,(H,29,31). The lowest BCUT2D eigenvalue weighted by molar-refractivity contribution is -0.123. The number of methoxy groups -OCH3 is 1. The molecule has 8 nitrogen and oxygen atoms in total. The molecule has 0 aliphatic heterocycles. The first kappa shape index (κ1) is 25.6. The topological polar surface area (TPSA) is 102 Å². The third-order valence-electron chi connectivity index (χ3n) is 6.52. The molecular formula is C27H31N3O5S. The lowest BCUT2D eigenvalue weighted by Gasteiger charge is -2.33. The smallest absolute Gasteiger partial charge is 0.350 e. The van der Waals surface area contributed by atoms with Crippen LogP contribution in [0.2, 0.25) is 0 Å². The second-order valence-electron chi connectivity index (χ2n) is 9.44. The number of carbonyl (C=O) groups is 3. The fourth-order valence-electron chi connectivity index (χ4n) is 4.53. The van der Waals surface area contributed by atoms with Crippen molar-refractivity contribution < 1.29 is 23.5 Å². The molecule has 0 radical (unpaired) electrons. The summed E-state index contributed by atoms with van der Waals surface area (Å²) in [5, 5.41) is 2.74. The number of amides is 2. The maximum atomic E-state index is 13.6. The predicted molar refractivity (Wildman–Crippen MR) is 139 cm³/mol. The first-order valence-electron chi connectivity index (χ1n) is 12.1. The van der Waals surface area contributed by atoms with Gasteiger partial charge in [0.1, 0.15) is 11.1 Å². The average molecular weight is 510 g/mol. The van der Waals surface area contributed by atoms with Crippen LogP contribution in [-0.2, 0) is 9.53 Å².